The minimum Gasteiger partial charge on any atom is -0.383 e. The molecule has 0 spiro atoms. The molecule has 0 saturated heterocycles. The van der Waals surface area contributed by atoms with Gasteiger partial charge in [0.25, 0.3) is 0 Å². The maximum absolute atomic E-state index is 10.3. The van der Waals surface area contributed by atoms with Crippen LogP contribution in [0.4, 0.5) is 0 Å². The van der Waals surface area contributed by atoms with Crippen LogP contribution in [0.1, 0.15) is 27.7 Å². The van der Waals surface area contributed by atoms with Crippen molar-refractivity contribution in [1.82, 2.24) is 0 Å². The summed E-state index contributed by atoms with van der Waals surface area (Å²) in [4.78, 5) is 0.819. The monoisotopic (exact) mass is 252 g/mol. The van der Waals surface area contributed by atoms with E-state index in [-0.39, 0.29) is 0 Å². The Bertz CT molecular complexity index is 484. The largest absolute Gasteiger partial charge is 0.383 e. The molecule has 2 aromatic rings. The predicted octanol–water partition coefficient (Wildman–Crippen LogP) is 4.10. The fraction of sp³-hybridized carbons (Fsp3) is 0.231. The number of aliphatic hydroxyl groups excluding tert-OH is 1. The molecule has 0 amide bonds. The molecule has 3 heteroatoms. The highest BCUT2D eigenvalue weighted by Crippen LogP contribution is 2.35. The van der Waals surface area contributed by atoms with E-state index < -0.39 is 6.10 Å². The van der Waals surface area contributed by atoms with Gasteiger partial charge in [0.05, 0.1) is 9.90 Å². The first-order valence-corrected chi connectivity index (χ1v) is 6.34. The second-order valence-electron chi connectivity index (χ2n) is 3.84. The summed E-state index contributed by atoms with van der Waals surface area (Å²) in [6, 6.07) is 7.83. The Morgan fingerprint density at radius 2 is 1.81 bits per heavy atom. The van der Waals surface area contributed by atoms with E-state index in [1.54, 1.807) is 0 Å². The van der Waals surface area contributed by atoms with Crippen LogP contribution in [0.25, 0.3) is 0 Å². The molecule has 84 valence electrons. The van der Waals surface area contributed by atoms with Crippen molar-refractivity contribution >= 4 is 22.9 Å². The Morgan fingerprint density at radius 1 is 1.19 bits per heavy atom. The van der Waals surface area contributed by atoms with Crippen LogP contribution in [-0.2, 0) is 0 Å². The summed E-state index contributed by atoms with van der Waals surface area (Å²) in [5.41, 5.74) is 3.15. The lowest BCUT2D eigenvalue weighted by atomic mass is 9.97. The molecule has 1 heterocycles. The van der Waals surface area contributed by atoms with E-state index in [0.717, 1.165) is 21.6 Å². The number of halogens is 1. The highest BCUT2D eigenvalue weighted by Gasteiger charge is 2.18. The average Bonchev–Trinajstić information content (AvgIpc) is 2.64. The highest BCUT2D eigenvalue weighted by molar-refractivity contribution is 7.10. The summed E-state index contributed by atoms with van der Waals surface area (Å²) in [5, 5.41) is 12.9. The number of rotatable bonds is 2. The second kappa shape index (κ2) is 4.58. The summed E-state index contributed by atoms with van der Waals surface area (Å²) in [7, 11) is 0. The van der Waals surface area contributed by atoms with Crippen molar-refractivity contribution < 1.29 is 5.11 Å². The van der Waals surface area contributed by atoms with Crippen LogP contribution >= 0.6 is 22.9 Å². The Hall–Kier alpha value is -0.830. The average molecular weight is 253 g/mol. The zero-order valence-electron chi connectivity index (χ0n) is 9.20. The number of hydrogen-bond acceptors (Lipinski definition) is 2. The van der Waals surface area contributed by atoms with Gasteiger partial charge in [0.1, 0.15) is 6.10 Å². The molecule has 0 fully saturated rings. The topological polar surface area (TPSA) is 20.2 Å². The quantitative estimate of drug-likeness (QED) is 0.853. The molecule has 1 aromatic carbocycles. The standard InChI is InChI=1S/C13H13ClOS/c1-8-4-3-5-9(2)11(8)12(15)13-10(14)6-7-16-13/h3-7,12,15H,1-2H3. The van der Waals surface area contributed by atoms with Gasteiger partial charge in [-0.05, 0) is 42.0 Å². The third-order valence-electron chi connectivity index (χ3n) is 2.71. The first-order valence-electron chi connectivity index (χ1n) is 5.08. The normalized spacial score (nSPS) is 12.8. The van der Waals surface area contributed by atoms with Gasteiger partial charge in [-0.15, -0.1) is 11.3 Å². The Morgan fingerprint density at radius 3 is 2.31 bits per heavy atom. The summed E-state index contributed by atoms with van der Waals surface area (Å²) >= 11 is 7.53. The van der Waals surface area contributed by atoms with Gasteiger partial charge in [0.15, 0.2) is 0 Å². The zero-order valence-corrected chi connectivity index (χ0v) is 10.8. The molecule has 1 nitrogen and oxygen atoms in total. The van der Waals surface area contributed by atoms with Gasteiger partial charge in [-0.25, -0.2) is 0 Å². The van der Waals surface area contributed by atoms with Crippen LogP contribution < -0.4 is 0 Å². The lowest BCUT2D eigenvalue weighted by Gasteiger charge is -2.15. The van der Waals surface area contributed by atoms with E-state index in [2.05, 4.69) is 0 Å². The van der Waals surface area contributed by atoms with Crippen LogP contribution in [0.15, 0.2) is 29.6 Å². The van der Waals surface area contributed by atoms with E-state index >= 15 is 0 Å². The van der Waals surface area contributed by atoms with Crippen molar-refractivity contribution in [3.63, 3.8) is 0 Å². The van der Waals surface area contributed by atoms with Crippen LogP contribution in [0.2, 0.25) is 5.02 Å². The molecule has 0 aliphatic carbocycles. The molecule has 0 saturated carbocycles. The summed E-state index contributed by atoms with van der Waals surface area (Å²) in [6.07, 6.45) is -0.617. The smallest absolute Gasteiger partial charge is 0.115 e. The van der Waals surface area contributed by atoms with E-state index in [1.165, 1.54) is 11.3 Å². The van der Waals surface area contributed by atoms with Crippen molar-refractivity contribution in [3.05, 3.63) is 56.2 Å². The van der Waals surface area contributed by atoms with Gasteiger partial charge >= 0.3 is 0 Å². The summed E-state index contributed by atoms with van der Waals surface area (Å²) in [5.74, 6) is 0. The first-order chi connectivity index (χ1) is 7.61. The van der Waals surface area contributed by atoms with Gasteiger partial charge < -0.3 is 5.11 Å². The summed E-state index contributed by atoms with van der Waals surface area (Å²) < 4.78 is 0. The van der Waals surface area contributed by atoms with E-state index in [4.69, 9.17) is 11.6 Å². The minimum absolute atomic E-state index is 0.617. The van der Waals surface area contributed by atoms with Crippen molar-refractivity contribution in [2.24, 2.45) is 0 Å². The second-order valence-corrected chi connectivity index (χ2v) is 5.20. The maximum atomic E-state index is 10.3. The van der Waals surface area contributed by atoms with Crippen LogP contribution in [0.5, 0.6) is 0 Å². The molecule has 1 N–H and O–H groups in total. The lowest BCUT2D eigenvalue weighted by molar-refractivity contribution is 0.222. The zero-order chi connectivity index (χ0) is 11.7. The Labute approximate surface area is 104 Å². The molecule has 1 atom stereocenters. The maximum Gasteiger partial charge on any atom is 0.115 e. The molecule has 0 aliphatic heterocycles. The van der Waals surface area contributed by atoms with Gasteiger partial charge in [-0.3, -0.25) is 0 Å². The number of aliphatic hydroxyl groups is 1. The number of hydrogen-bond donors (Lipinski definition) is 1. The minimum atomic E-state index is -0.617. The number of benzene rings is 1. The summed E-state index contributed by atoms with van der Waals surface area (Å²) in [6.45, 7) is 4.01. The molecule has 0 bridgehead atoms. The van der Waals surface area contributed by atoms with E-state index in [0.29, 0.717) is 5.02 Å². The number of aryl methyl sites for hydroxylation is 2. The highest BCUT2D eigenvalue weighted by atomic mass is 35.5. The molecule has 1 unspecified atom stereocenters. The van der Waals surface area contributed by atoms with Crippen molar-refractivity contribution in [3.8, 4) is 0 Å². The number of thiophene rings is 1. The van der Waals surface area contributed by atoms with Crippen LogP contribution in [-0.4, -0.2) is 5.11 Å². The van der Waals surface area contributed by atoms with Gasteiger partial charge in [0.2, 0.25) is 0 Å². The van der Waals surface area contributed by atoms with Gasteiger partial charge in [-0.2, -0.15) is 0 Å². The third-order valence-corrected chi connectivity index (χ3v) is 4.12. The van der Waals surface area contributed by atoms with E-state index in [1.807, 2.05) is 43.5 Å². The van der Waals surface area contributed by atoms with Crippen LogP contribution in [0.3, 0.4) is 0 Å². The molecular weight excluding hydrogens is 240 g/mol. The fourth-order valence-electron chi connectivity index (χ4n) is 1.89. The molecule has 16 heavy (non-hydrogen) atoms. The first kappa shape index (κ1) is 11.6. The molecule has 0 aliphatic rings. The third kappa shape index (κ3) is 2.01. The Balaban J connectivity index is 2.49. The van der Waals surface area contributed by atoms with Crippen LogP contribution in [0, 0.1) is 13.8 Å². The van der Waals surface area contributed by atoms with Gasteiger partial charge in [0, 0.05) is 0 Å². The fourth-order valence-corrected chi connectivity index (χ4v) is 3.04. The SMILES string of the molecule is Cc1cccc(C)c1C(O)c1sccc1Cl. The molecular formula is C13H13ClOS. The van der Waals surface area contributed by atoms with E-state index in [9.17, 15) is 5.11 Å². The lowest BCUT2D eigenvalue weighted by Crippen LogP contribution is -2.03. The molecule has 2 rings (SSSR count). The van der Waals surface area contributed by atoms with Crippen molar-refractivity contribution in [2.75, 3.05) is 0 Å². The van der Waals surface area contributed by atoms with Gasteiger partial charge in [-0.1, -0.05) is 29.8 Å². The molecule has 1 aromatic heterocycles. The van der Waals surface area contributed by atoms with Crippen molar-refractivity contribution in [1.29, 1.82) is 0 Å². The van der Waals surface area contributed by atoms with Crippen molar-refractivity contribution in [2.45, 2.75) is 20.0 Å². The Kier molecular flexibility index (Phi) is 3.33. The molecule has 0 radical (unpaired) electrons. The predicted molar refractivity (Wildman–Crippen MR) is 69.3 cm³/mol.